The normalized spacial score (nSPS) is 19.4. The van der Waals surface area contributed by atoms with E-state index >= 15 is 0 Å². The number of anilines is 1. The molecular formula is C20H19NO3. The Kier molecular flexibility index (Phi) is 4.05. The lowest BCUT2D eigenvalue weighted by atomic mass is 10.1. The third kappa shape index (κ3) is 2.93. The van der Waals surface area contributed by atoms with E-state index < -0.39 is 0 Å². The lowest BCUT2D eigenvalue weighted by Crippen LogP contribution is -2.48. The highest BCUT2D eigenvalue weighted by Gasteiger charge is 2.28. The number of allylic oxidation sites excluding steroid dienone is 1. The third-order valence-corrected chi connectivity index (χ3v) is 4.40. The molecule has 0 aromatic heterocycles. The molecule has 2 aliphatic rings. The fourth-order valence-electron chi connectivity index (χ4n) is 3.15. The van der Waals surface area contributed by atoms with Crippen LogP contribution in [-0.4, -0.2) is 31.8 Å². The first-order valence-corrected chi connectivity index (χ1v) is 8.19. The maximum Gasteiger partial charge on any atom is 0.253 e. The summed E-state index contributed by atoms with van der Waals surface area (Å²) < 4.78 is 11.6. The zero-order valence-electron chi connectivity index (χ0n) is 13.4. The maximum absolute atomic E-state index is 12.1. The van der Waals surface area contributed by atoms with Crippen LogP contribution < -0.4 is 9.64 Å². The molecule has 0 saturated carbocycles. The number of para-hydroxylation sites is 1. The summed E-state index contributed by atoms with van der Waals surface area (Å²) in [5.41, 5.74) is 3.35. The van der Waals surface area contributed by atoms with Gasteiger partial charge in [0.2, 0.25) is 0 Å². The average Bonchev–Trinajstić information content (AvgIpc) is 3.11. The predicted molar refractivity (Wildman–Crippen MR) is 93.2 cm³/mol. The molecule has 4 rings (SSSR count). The number of carbonyl (C=O) groups excluding carboxylic acids is 1. The van der Waals surface area contributed by atoms with Crippen LogP contribution in [0.4, 0.5) is 5.69 Å². The number of morpholine rings is 1. The summed E-state index contributed by atoms with van der Waals surface area (Å²) in [6.45, 7) is 1.03. The van der Waals surface area contributed by atoms with Crippen molar-refractivity contribution in [1.82, 2.24) is 0 Å². The molecule has 0 bridgehead atoms. The SMILES string of the molecule is O=C1CO[C@@H](COc2cccc3c2C=CC3)CN1c1ccccc1. The van der Waals surface area contributed by atoms with E-state index in [1.165, 1.54) is 5.56 Å². The predicted octanol–water partition coefficient (Wildman–Crippen LogP) is 3.07. The van der Waals surface area contributed by atoms with Crippen LogP contribution in [0.5, 0.6) is 5.75 Å². The molecule has 0 unspecified atom stereocenters. The molecule has 0 spiro atoms. The Morgan fingerprint density at radius 3 is 2.88 bits per heavy atom. The number of rotatable bonds is 4. The second kappa shape index (κ2) is 6.49. The Balaban J connectivity index is 1.43. The zero-order chi connectivity index (χ0) is 16.4. The molecule has 24 heavy (non-hydrogen) atoms. The van der Waals surface area contributed by atoms with Crippen molar-refractivity contribution in [3.63, 3.8) is 0 Å². The first-order valence-electron chi connectivity index (χ1n) is 8.19. The maximum atomic E-state index is 12.1. The molecule has 0 N–H and O–H groups in total. The van der Waals surface area contributed by atoms with Crippen LogP contribution in [0.25, 0.3) is 6.08 Å². The third-order valence-electron chi connectivity index (χ3n) is 4.40. The van der Waals surface area contributed by atoms with Gasteiger partial charge in [-0.05, 0) is 30.2 Å². The van der Waals surface area contributed by atoms with Crippen molar-refractivity contribution in [3.05, 3.63) is 65.7 Å². The van der Waals surface area contributed by atoms with Crippen molar-refractivity contribution < 1.29 is 14.3 Å². The van der Waals surface area contributed by atoms with Gasteiger partial charge in [0.05, 0.1) is 6.54 Å². The van der Waals surface area contributed by atoms with Gasteiger partial charge in [-0.3, -0.25) is 4.79 Å². The first-order chi connectivity index (χ1) is 11.8. The number of nitrogens with zero attached hydrogens (tertiary/aromatic N) is 1. The van der Waals surface area contributed by atoms with Crippen molar-refractivity contribution in [2.45, 2.75) is 12.5 Å². The van der Waals surface area contributed by atoms with E-state index in [0.29, 0.717) is 13.2 Å². The summed E-state index contributed by atoms with van der Waals surface area (Å²) in [6.07, 6.45) is 5.07. The van der Waals surface area contributed by atoms with Gasteiger partial charge in [-0.1, -0.05) is 42.5 Å². The molecule has 122 valence electrons. The Morgan fingerprint density at radius 1 is 1.12 bits per heavy atom. The van der Waals surface area contributed by atoms with E-state index in [4.69, 9.17) is 9.47 Å². The summed E-state index contributed by atoms with van der Waals surface area (Å²) in [4.78, 5) is 13.9. The Labute approximate surface area is 141 Å². The molecule has 1 heterocycles. The van der Waals surface area contributed by atoms with Crippen molar-refractivity contribution >= 4 is 17.7 Å². The van der Waals surface area contributed by atoms with Crippen molar-refractivity contribution in [1.29, 1.82) is 0 Å². The van der Waals surface area contributed by atoms with Gasteiger partial charge in [-0.2, -0.15) is 0 Å². The molecular weight excluding hydrogens is 302 g/mol. The zero-order valence-corrected chi connectivity index (χ0v) is 13.4. The Bertz CT molecular complexity index is 770. The molecule has 1 fully saturated rings. The molecule has 1 atom stereocenters. The van der Waals surface area contributed by atoms with Crippen LogP contribution in [0.2, 0.25) is 0 Å². The fourth-order valence-corrected chi connectivity index (χ4v) is 3.15. The van der Waals surface area contributed by atoms with Gasteiger partial charge in [-0.25, -0.2) is 0 Å². The van der Waals surface area contributed by atoms with Crippen LogP contribution >= 0.6 is 0 Å². The molecule has 1 aliphatic heterocycles. The van der Waals surface area contributed by atoms with Crippen LogP contribution in [-0.2, 0) is 16.0 Å². The van der Waals surface area contributed by atoms with E-state index in [-0.39, 0.29) is 18.6 Å². The van der Waals surface area contributed by atoms with E-state index in [1.807, 2.05) is 42.5 Å². The van der Waals surface area contributed by atoms with Crippen molar-refractivity contribution in [3.8, 4) is 5.75 Å². The molecule has 1 aliphatic carbocycles. The van der Waals surface area contributed by atoms with E-state index in [9.17, 15) is 4.79 Å². The highest BCUT2D eigenvalue weighted by molar-refractivity contribution is 5.94. The summed E-state index contributed by atoms with van der Waals surface area (Å²) in [5.74, 6) is 0.869. The highest BCUT2D eigenvalue weighted by atomic mass is 16.5. The molecule has 0 radical (unpaired) electrons. The summed E-state index contributed by atoms with van der Waals surface area (Å²) >= 11 is 0. The monoisotopic (exact) mass is 321 g/mol. The number of ether oxygens (including phenoxy) is 2. The minimum atomic E-state index is -0.135. The van der Waals surface area contributed by atoms with Crippen LogP contribution in [0.1, 0.15) is 11.1 Å². The van der Waals surface area contributed by atoms with Crippen molar-refractivity contribution in [2.24, 2.45) is 0 Å². The first kappa shape index (κ1) is 15.0. The van der Waals surface area contributed by atoms with E-state index in [0.717, 1.165) is 23.4 Å². The van der Waals surface area contributed by atoms with Gasteiger partial charge in [0.1, 0.15) is 25.1 Å². The standard InChI is InChI=1S/C20H19NO3/c22-20-14-23-17(12-21(20)16-8-2-1-3-9-16)13-24-19-11-5-7-15-6-4-10-18(15)19/h1-5,7-11,17H,6,12-14H2/t17-/m1/s1. The van der Waals surface area contributed by atoms with Crippen LogP contribution in [0.15, 0.2) is 54.6 Å². The number of benzene rings is 2. The van der Waals surface area contributed by atoms with Gasteiger partial charge in [0.15, 0.2) is 0 Å². The van der Waals surface area contributed by atoms with Crippen LogP contribution in [0.3, 0.4) is 0 Å². The lowest BCUT2D eigenvalue weighted by Gasteiger charge is -2.32. The van der Waals surface area contributed by atoms with Gasteiger partial charge in [0.25, 0.3) is 5.91 Å². The fraction of sp³-hybridized carbons (Fsp3) is 0.250. The topological polar surface area (TPSA) is 38.8 Å². The van der Waals surface area contributed by atoms with Crippen molar-refractivity contribution in [2.75, 3.05) is 24.7 Å². The Morgan fingerprint density at radius 2 is 2.00 bits per heavy atom. The minimum Gasteiger partial charge on any atom is -0.490 e. The van der Waals surface area contributed by atoms with Gasteiger partial charge >= 0.3 is 0 Å². The summed E-state index contributed by atoms with van der Waals surface area (Å²) in [7, 11) is 0. The smallest absolute Gasteiger partial charge is 0.253 e. The number of hydrogen-bond acceptors (Lipinski definition) is 3. The number of amides is 1. The summed E-state index contributed by atoms with van der Waals surface area (Å²) in [6, 6.07) is 15.8. The number of fused-ring (bicyclic) bond motifs is 1. The van der Waals surface area contributed by atoms with E-state index in [2.05, 4.69) is 18.2 Å². The van der Waals surface area contributed by atoms with Gasteiger partial charge in [0, 0.05) is 11.3 Å². The number of hydrogen-bond donors (Lipinski definition) is 0. The van der Waals surface area contributed by atoms with Gasteiger partial charge in [-0.15, -0.1) is 0 Å². The molecule has 4 heteroatoms. The minimum absolute atomic E-state index is 0.0130. The largest absolute Gasteiger partial charge is 0.490 e. The lowest BCUT2D eigenvalue weighted by molar-refractivity contribution is -0.130. The Hall–Kier alpha value is -2.59. The highest BCUT2D eigenvalue weighted by Crippen LogP contribution is 2.29. The van der Waals surface area contributed by atoms with Gasteiger partial charge < -0.3 is 14.4 Å². The van der Waals surface area contributed by atoms with E-state index in [1.54, 1.807) is 4.90 Å². The van der Waals surface area contributed by atoms with Crippen LogP contribution in [0, 0.1) is 0 Å². The molecule has 2 aromatic carbocycles. The molecule has 2 aromatic rings. The second-order valence-electron chi connectivity index (χ2n) is 6.02. The summed E-state index contributed by atoms with van der Waals surface area (Å²) in [5, 5.41) is 0. The molecule has 1 saturated heterocycles. The average molecular weight is 321 g/mol. The molecule has 4 nitrogen and oxygen atoms in total. The molecule has 1 amide bonds. The second-order valence-corrected chi connectivity index (χ2v) is 6.02. The quantitative estimate of drug-likeness (QED) is 0.869. The number of carbonyl (C=O) groups is 1.